The number of fused-ring (bicyclic) bond motifs is 2. The van der Waals surface area contributed by atoms with E-state index in [1.807, 2.05) is 47.8 Å². The minimum Gasteiger partial charge on any atom is -0.312 e. The summed E-state index contributed by atoms with van der Waals surface area (Å²) in [4.78, 5) is 26.2. The molecule has 0 radical (unpaired) electrons. The largest absolute Gasteiger partial charge is 0.312 e. The van der Waals surface area contributed by atoms with Crippen LogP contribution in [0.5, 0.6) is 0 Å². The first-order valence-electron chi connectivity index (χ1n) is 13.0. The molecule has 0 aliphatic carbocycles. The van der Waals surface area contributed by atoms with Crippen LogP contribution < -0.4 is 4.90 Å². The van der Waals surface area contributed by atoms with E-state index >= 15 is 0 Å². The Morgan fingerprint density at radius 1 is 0.861 bits per heavy atom. The smallest absolute Gasteiger partial charge is 0.223 e. The van der Waals surface area contributed by atoms with Gasteiger partial charge in [0.25, 0.3) is 0 Å². The molecule has 3 heterocycles. The van der Waals surface area contributed by atoms with E-state index in [-0.39, 0.29) is 5.91 Å². The summed E-state index contributed by atoms with van der Waals surface area (Å²) in [7, 11) is 0. The van der Waals surface area contributed by atoms with Crippen LogP contribution in [0.4, 0.5) is 5.69 Å². The number of aromatic nitrogens is 2. The predicted octanol–water partition coefficient (Wildman–Crippen LogP) is 6.62. The fraction of sp³-hybridized carbons (Fsp3) is 0.323. The fourth-order valence-electron chi connectivity index (χ4n) is 5.17. The number of carbonyl (C=O) groups excluding carboxylic acids is 1. The molecule has 5 heteroatoms. The third-order valence-corrected chi connectivity index (χ3v) is 7.05. The molecule has 1 aliphatic rings. The third-order valence-electron chi connectivity index (χ3n) is 7.05. The molecule has 36 heavy (non-hydrogen) atoms. The van der Waals surface area contributed by atoms with Gasteiger partial charge in [0.05, 0.1) is 5.52 Å². The second-order valence-corrected chi connectivity index (χ2v) is 9.77. The van der Waals surface area contributed by atoms with Gasteiger partial charge in [0.15, 0.2) is 0 Å². The lowest BCUT2D eigenvalue weighted by atomic mass is 10.00. The summed E-state index contributed by atoms with van der Waals surface area (Å²) in [6.45, 7) is 5.10. The number of amides is 1. The Kier molecular flexibility index (Phi) is 7.67. The van der Waals surface area contributed by atoms with E-state index in [1.54, 1.807) is 6.92 Å². The van der Waals surface area contributed by atoms with Crippen LogP contribution in [-0.4, -0.2) is 33.9 Å². The van der Waals surface area contributed by atoms with Crippen molar-refractivity contribution in [3.8, 4) is 11.1 Å². The van der Waals surface area contributed by atoms with Crippen LogP contribution in [0.25, 0.3) is 22.0 Å². The highest BCUT2D eigenvalue weighted by molar-refractivity contribution is 5.93. The van der Waals surface area contributed by atoms with Crippen molar-refractivity contribution in [2.75, 3.05) is 18.0 Å². The second kappa shape index (κ2) is 11.4. The van der Waals surface area contributed by atoms with Gasteiger partial charge in [-0.2, -0.15) is 0 Å². The van der Waals surface area contributed by atoms with E-state index in [0.717, 1.165) is 66.7 Å². The molecule has 0 spiro atoms. The van der Waals surface area contributed by atoms with Gasteiger partial charge < -0.3 is 4.90 Å². The number of rotatable bonds is 3. The Morgan fingerprint density at radius 3 is 2.53 bits per heavy atom. The number of anilines is 1. The minimum absolute atomic E-state index is 0.104. The molecule has 0 saturated heterocycles. The highest BCUT2D eigenvalue weighted by Crippen LogP contribution is 2.31. The normalized spacial score (nSPS) is 15.6. The summed E-state index contributed by atoms with van der Waals surface area (Å²) in [6.07, 6.45) is 11.5. The standard InChI is InChI=1S/C31H34N4O/c1-24(36)35-17-8-4-2-3-7-16-34(22-25-10-9-15-32-20-25)23-29-18-26(13-14-31(29)35)28-19-27-11-5-6-12-30(27)33-21-28/h5-6,9-15,18-21H,2-4,7-8,16-17,22-23H2,1H3. The van der Waals surface area contributed by atoms with Crippen LogP contribution in [0.15, 0.2) is 79.3 Å². The highest BCUT2D eigenvalue weighted by Gasteiger charge is 2.19. The number of benzene rings is 2. The molecule has 0 atom stereocenters. The third kappa shape index (κ3) is 5.80. The van der Waals surface area contributed by atoms with E-state index in [9.17, 15) is 4.79 Å². The van der Waals surface area contributed by atoms with Crippen molar-refractivity contribution in [3.63, 3.8) is 0 Å². The molecule has 5 nitrogen and oxygen atoms in total. The Bertz CT molecular complexity index is 1320. The Balaban J connectivity index is 1.55. The maximum atomic E-state index is 12.7. The monoisotopic (exact) mass is 478 g/mol. The number of carbonyl (C=O) groups is 1. The van der Waals surface area contributed by atoms with Crippen molar-refractivity contribution in [2.24, 2.45) is 0 Å². The lowest BCUT2D eigenvalue weighted by Crippen LogP contribution is -2.32. The number of hydrogen-bond acceptors (Lipinski definition) is 4. The summed E-state index contributed by atoms with van der Waals surface area (Å²) in [6, 6.07) is 21.1. The van der Waals surface area contributed by atoms with Gasteiger partial charge in [0.2, 0.25) is 5.91 Å². The van der Waals surface area contributed by atoms with Crippen molar-refractivity contribution in [2.45, 2.75) is 52.1 Å². The first-order valence-corrected chi connectivity index (χ1v) is 13.0. The second-order valence-electron chi connectivity index (χ2n) is 9.77. The van der Waals surface area contributed by atoms with Gasteiger partial charge in [-0.25, -0.2) is 0 Å². The molecule has 2 aromatic heterocycles. The molecule has 5 rings (SSSR count). The molecule has 4 aromatic rings. The SMILES string of the molecule is CC(=O)N1CCCCCCCN(Cc2cccnc2)Cc2cc(-c3cnc4ccccc4c3)ccc21. The summed E-state index contributed by atoms with van der Waals surface area (Å²) in [5, 5.41) is 1.13. The number of para-hydroxylation sites is 1. The predicted molar refractivity (Wildman–Crippen MR) is 147 cm³/mol. The highest BCUT2D eigenvalue weighted by atomic mass is 16.2. The van der Waals surface area contributed by atoms with Gasteiger partial charge in [0, 0.05) is 61.8 Å². The molecule has 0 saturated carbocycles. The minimum atomic E-state index is 0.104. The molecule has 0 fully saturated rings. The van der Waals surface area contributed by atoms with Crippen molar-refractivity contribution < 1.29 is 4.79 Å². The zero-order valence-electron chi connectivity index (χ0n) is 21.1. The van der Waals surface area contributed by atoms with Crippen LogP contribution >= 0.6 is 0 Å². The van der Waals surface area contributed by atoms with E-state index in [0.29, 0.717) is 0 Å². The zero-order valence-corrected chi connectivity index (χ0v) is 21.1. The van der Waals surface area contributed by atoms with E-state index in [4.69, 9.17) is 0 Å². The average Bonchev–Trinajstić information content (AvgIpc) is 2.90. The van der Waals surface area contributed by atoms with Crippen LogP contribution in [-0.2, 0) is 17.9 Å². The van der Waals surface area contributed by atoms with Gasteiger partial charge in [-0.1, -0.05) is 49.6 Å². The maximum Gasteiger partial charge on any atom is 0.223 e. The summed E-state index contributed by atoms with van der Waals surface area (Å²) in [5.74, 6) is 0.104. The molecule has 2 aromatic carbocycles. The maximum absolute atomic E-state index is 12.7. The van der Waals surface area contributed by atoms with E-state index in [1.165, 1.54) is 30.4 Å². The van der Waals surface area contributed by atoms with Crippen LogP contribution in [0.3, 0.4) is 0 Å². The van der Waals surface area contributed by atoms with Gasteiger partial charge in [-0.05, 0) is 66.4 Å². The Morgan fingerprint density at radius 2 is 1.69 bits per heavy atom. The molecule has 0 unspecified atom stereocenters. The summed E-state index contributed by atoms with van der Waals surface area (Å²) in [5.41, 5.74) is 6.64. The van der Waals surface area contributed by atoms with Gasteiger partial charge in [0.1, 0.15) is 0 Å². The first-order chi connectivity index (χ1) is 17.7. The molecule has 0 bridgehead atoms. The molecular weight excluding hydrogens is 444 g/mol. The van der Waals surface area contributed by atoms with E-state index < -0.39 is 0 Å². The molecule has 184 valence electrons. The first kappa shape index (κ1) is 24.1. The molecule has 1 amide bonds. The fourth-order valence-corrected chi connectivity index (χ4v) is 5.17. The van der Waals surface area contributed by atoms with E-state index in [2.05, 4.69) is 51.3 Å². The van der Waals surface area contributed by atoms with Gasteiger partial charge in [-0.3, -0.25) is 19.7 Å². The number of nitrogens with zero attached hydrogens (tertiary/aromatic N) is 4. The lowest BCUT2D eigenvalue weighted by Gasteiger charge is -2.29. The zero-order chi connectivity index (χ0) is 24.7. The lowest BCUT2D eigenvalue weighted by molar-refractivity contribution is -0.116. The average molecular weight is 479 g/mol. The Hall–Kier alpha value is -3.57. The van der Waals surface area contributed by atoms with Crippen molar-refractivity contribution in [1.82, 2.24) is 14.9 Å². The van der Waals surface area contributed by atoms with Gasteiger partial charge in [-0.15, -0.1) is 0 Å². The van der Waals surface area contributed by atoms with Gasteiger partial charge >= 0.3 is 0 Å². The Labute approximate surface area is 213 Å². The van der Waals surface area contributed by atoms with Crippen LogP contribution in [0, 0.1) is 0 Å². The van der Waals surface area contributed by atoms with Crippen molar-refractivity contribution >= 4 is 22.5 Å². The van der Waals surface area contributed by atoms with Crippen molar-refractivity contribution in [3.05, 3.63) is 90.4 Å². The quantitative estimate of drug-likeness (QED) is 0.332. The molecular formula is C31H34N4O. The van der Waals surface area contributed by atoms with Crippen molar-refractivity contribution in [1.29, 1.82) is 0 Å². The number of pyridine rings is 2. The molecule has 0 N–H and O–H groups in total. The number of hydrogen-bond donors (Lipinski definition) is 0. The molecule has 1 aliphatic heterocycles. The summed E-state index contributed by atoms with van der Waals surface area (Å²) >= 11 is 0. The topological polar surface area (TPSA) is 49.3 Å². The van der Waals surface area contributed by atoms with Crippen LogP contribution in [0.1, 0.15) is 50.2 Å². The summed E-state index contributed by atoms with van der Waals surface area (Å²) < 4.78 is 0. The van der Waals surface area contributed by atoms with Crippen LogP contribution in [0.2, 0.25) is 0 Å².